The van der Waals surface area contributed by atoms with Gasteiger partial charge in [-0.05, 0) is 36.5 Å². The Kier molecular flexibility index (Phi) is 4.01. The fourth-order valence-electron chi connectivity index (χ4n) is 2.35. The van der Waals surface area contributed by atoms with E-state index in [1.54, 1.807) is 0 Å². The molecule has 6 heteroatoms. The second-order valence-corrected chi connectivity index (χ2v) is 5.90. The van der Waals surface area contributed by atoms with E-state index in [9.17, 15) is 10.5 Å². The van der Waals surface area contributed by atoms with Crippen molar-refractivity contribution in [2.75, 3.05) is 12.3 Å². The van der Waals surface area contributed by atoms with Crippen LogP contribution in [-0.2, 0) is 0 Å². The molecule has 0 amide bonds. The Balaban J connectivity index is 2.02. The van der Waals surface area contributed by atoms with Crippen molar-refractivity contribution in [3.63, 3.8) is 0 Å². The number of nitrogens with zero attached hydrogens (tertiary/aromatic N) is 2. The minimum absolute atomic E-state index is 0.167. The summed E-state index contributed by atoms with van der Waals surface area (Å²) in [4.78, 5) is 2.69. The number of anilines is 1. The molecule has 3 rings (SSSR count). The third-order valence-corrected chi connectivity index (χ3v) is 4.10. The molecular weight excluding hydrogens is 308 g/mol. The second-order valence-electron chi connectivity index (χ2n) is 5.50. The summed E-state index contributed by atoms with van der Waals surface area (Å²) in [6.07, 6.45) is 2.47. The molecule has 2 aromatic rings. The molecule has 0 aliphatic heterocycles. The van der Waals surface area contributed by atoms with E-state index >= 15 is 0 Å². The van der Waals surface area contributed by atoms with Crippen molar-refractivity contribution in [3.05, 3.63) is 40.0 Å². The van der Waals surface area contributed by atoms with E-state index in [4.69, 9.17) is 22.7 Å². The van der Waals surface area contributed by atoms with Crippen LogP contribution in [0.1, 0.15) is 24.0 Å². The van der Waals surface area contributed by atoms with Crippen molar-refractivity contribution in [1.29, 1.82) is 10.5 Å². The summed E-state index contributed by atoms with van der Waals surface area (Å²) >= 11 is 5.14. The van der Waals surface area contributed by atoms with E-state index in [0.29, 0.717) is 17.0 Å². The van der Waals surface area contributed by atoms with Gasteiger partial charge in [-0.15, -0.1) is 0 Å². The topological polar surface area (TPSA) is 98.6 Å². The van der Waals surface area contributed by atoms with Gasteiger partial charge < -0.3 is 15.5 Å². The third-order valence-electron chi connectivity index (χ3n) is 3.79. The first-order valence-electron chi connectivity index (χ1n) is 7.23. The Morgan fingerprint density at radius 1 is 1.17 bits per heavy atom. The molecule has 0 spiro atoms. The zero-order valence-corrected chi connectivity index (χ0v) is 13.1. The first kappa shape index (κ1) is 15.1. The first-order chi connectivity index (χ1) is 11.1. The normalized spacial score (nSPS) is 13.1. The monoisotopic (exact) mass is 322 g/mol. The van der Waals surface area contributed by atoms with E-state index < -0.39 is 0 Å². The highest BCUT2D eigenvalue weighted by molar-refractivity contribution is 7.71. The summed E-state index contributed by atoms with van der Waals surface area (Å²) in [7, 11) is 0. The molecule has 0 saturated heterocycles. The highest BCUT2D eigenvalue weighted by Gasteiger charge is 2.22. The van der Waals surface area contributed by atoms with Crippen LogP contribution >= 0.6 is 12.2 Å². The number of hydrogen-bond acceptors (Lipinski definition) is 5. The van der Waals surface area contributed by atoms with Crippen LogP contribution in [0.4, 0.5) is 5.82 Å². The van der Waals surface area contributed by atoms with Gasteiger partial charge in [0.05, 0.1) is 12.2 Å². The Labute approximate surface area is 138 Å². The lowest BCUT2D eigenvalue weighted by molar-refractivity contribution is 0.300. The van der Waals surface area contributed by atoms with Crippen molar-refractivity contribution < 1.29 is 4.74 Å². The number of H-pyrrole nitrogens is 1. The summed E-state index contributed by atoms with van der Waals surface area (Å²) in [6, 6.07) is 11.4. The Hall–Kier alpha value is -2.83. The van der Waals surface area contributed by atoms with Gasteiger partial charge in [0, 0.05) is 5.56 Å². The van der Waals surface area contributed by atoms with Crippen LogP contribution in [0.2, 0.25) is 0 Å². The number of nitrogens with one attached hydrogen (secondary N) is 1. The van der Waals surface area contributed by atoms with E-state index in [0.717, 1.165) is 12.4 Å². The number of nitrogen functional groups attached to an aromatic ring is 1. The average molecular weight is 322 g/mol. The Bertz CT molecular complexity index is 883. The minimum atomic E-state index is 0.167. The lowest BCUT2D eigenvalue weighted by atomic mass is 9.97. The largest absolute Gasteiger partial charge is 0.493 e. The minimum Gasteiger partial charge on any atom is -0.493 e. The molecule has 1 aliphatic carbocycles. The van der Waals surface area contributed by atoms with Gasteiger partial charge in [0.15, 0.2) is 0 Å². The summed E-state index contributed by atoms with van der Waals surface area (Å²) in [5.74, 6) is 1.62. The van der Waals surface area contributed by atoms with Crippen LogP contribution in [0.15, 0.2) is 24.3 Å². The molecule has 114 valence electrons. The second kappa shape index (κ2) is 6.12. The van der Waals surface area contributed by atoms with E-state index in [2.05, 4.69) is 11.1 Å². The number of ether oxygens (including phenoxy) is 1. The molecule has 1 aromatic heterocycles. The van der Waals surface area contributed by atoms with Crippen LogP contribution in [0.3, 0.4) is 0 Å². The molecule has 3 N–H and O–H groups in total. The number of rotatable bonds is 4. The van der Waals surface area contributed by atoms with Gasteiger partial charge in [-0.2, -0.15) is 10.5 Å². The van der Waals surface area contributed by atoms with Gasteiger partial charge in [0.25, 0.3) is 0 Å². The molecule has 0 atom stereocenters. The van der Waals surface area contributed by atoms with Crippen LogP contribution < -0.4 is 10.5 Å². The maximum Gasteiger partial charge on any atom is 0.123 e. The SMILES string of the molecule is N#Cc1c(N)[nH]c(=S)c(C#N)c1-c1ccc(OCC2CC2)cc1. The molecule has 23 heavy (non-hydrogen) atoms. The summed E-state index contributed by atoms with van der Waals surface area (Å²) in [6.45, 7) is 0.732. The quantitative estimate of drug-likeness (QED) is 0.839. The summed E-state index contributed by atoms with van der Waals surface area (Å²) in [5.41, 5.74) is 7.48. The summed E-state index contributed by atoms with van der Waals surface area (Å²) in [5, 5.41) is 18.7. The molecule has 1 saturated carbocycles. The average Bonchev–Trinajstić information content (AvgIpc) is 3.37. The van der Waals surface area contributed by atoms with E-state index in [1.165, 1.54) is 12.8 Å². The maximum atomic E-state index is 9.37. The van der Waals surface area contributed by atoms with Gasteiger partial charge in [-0.3, -0.25) is 0 Å². The Morgan fingerprint density at radius 2 is 1.83 bits per heavy atom. The Morgan fingerprint density at radius 3 is 2.39 bits per heavy atom. The number of aromatic nitrogens is 1. The van der Waals surface area contributed by atoms with Crippen LogP contribution in [0.25, 0.3) is 11.1 Å². The predicted molar refractivity (Wildman–Crippen MR) is 89.1 cm³/mol. The van der Waals surface area contributed by atoms with Crippen molar-refractivity contribution in [1.82, 2.24) is 4.98 Å². The van der Waals surface area contributed by atoms with Crippen molar-refractivity contribution in [2.45, 2.75) is 12.8 Å². The summed E-state index contributed by atoms with van der Waals surface area (Å²) < 4.78 is 5.93. The van der Waals surface area contributed by atoms with Crippen molar-refractivity contribution in [2.24, 2.45) is 5.92 Å². The van der Waals surface area contributed by atoms with Crippen LogP contribution in [0, 0.1) is 33.2 Å². The molecule has 0 bridgehead atoms. The molecule has 1 aliphatic rings. The molecule has 5 nitrogen and oxygen atoms in total. The van der Waals surface area contributed by atoms with Gasteiger partial charge in [-0.25, -0.2) is 0 Å². The number of nitriles is 2. The fourth-order valence-corrected chi connectivity index (χ4v) is 2.61. The highest BCUT2D eigenvalue weighted by Crippen LogP contribution is 2.33. The van der Waals surface area contributed by atoms with Gasteiger partial charge >= 0.3 is 0 Å². The molecule has 0 unspecified atom stereocenters. The molecule has 1 aromatic carbocycles. The maximum absolute atomic E-state index is 9.37. The van der Waals surface area contributed by atoms with Crippen LogP contribution in [0.5, 0.6) is 5.75 Å². The molecule has 0 radical (unpaired) electrons. The number of nitrogens with two attached hydrogens (primary N) is 1. The van der Waals surface area contributed by atoms with Gasteiger partial charge in [0.1, 0.15) is 33.9 Å². The van der Waals surface area contributed by atoms with Gasteiger partial charge in [0.2, 0.25) is 0 Å². The molecule has 1 fully saturated rings. The van der Waals surface area contributed by atoms with Crippen LogP contribution in [-0.4, -0.2) is 11.6 Å². The van der Waals surface area contributed by atoms with Gasteiger partial charge in [-0.1, -0.05) is 24.4 Å². The number of benzene rings is 1. The van der Waals surface area contributed by atoms with E-state index in [-0.39, 0.29) is 21.6 Å². The zero-order valence-electron chi connectivity index (χ0n) is 12.3. The van der Waals surface area contributed by atoms with Crippen molar-refractivity contribution in [3.8, 4) is 29.0 Å². The smallest absolute Gasteiger partial charge is 0.123 e. The zero-order chi connectivity index (χ0) is 16.4. The molecule has 1 heterocycles. The fraction of sp³-hybridized carbons (Fsp3) is 0.235. The van der Waals surface area contributed by atoms with E-state index in [1.807, 2.05) is 30.3 Å². The first-order valence-corrected chi connectivity index (χ1v) is 7.64. The number of pyridine rings is 1. The van der Waals surface area contributed by atoms with Crippen molar-refractivity contribution >= 4 is 18.0 Å². The lowest BCUT2D eigenvalue weighted by Gasteiger charge is -2.11. The molecular formula is C17H14N4OS. The highest BCUT2D eigenvalue weighted by atomic mass is 32.1. The lowest BCUT2D eigenvalue weighted by Crippen LogP contribution is -2.02. The number of hydrogen-bond donors (Lipinski definition) is 2. The number of aromatic amines is 1. The standard InChI is InChI=1S/C17H14N4OS/c18-7-13-15(14(8-19)17(23)21-16(13)20)11-3-5-12(6-4-11)22-9-10-1-2-10/h3-6,10H,1-2,9H2,(H3,20,21,23). The third kappa shape index (κ3) is 3.03. The predicted octanol–water partition coefficient (Wildman–Crippen LogP) is 3.53.